The molecule has 140 valence electrons. The molecular weight excluding hydrogens is 635 g/mol. The van der Waals surface area contributed by atoms with Crippen LogP contribution in [0.4, 0.5) is 5.69 Å². The van der Waals surface area contributed by atoms with Gasteiger partial charge in [0, 0.05) is 9.50 Å². The van der Waals surface area contributed by atoms with Gasteiger partial charge >= 0.3 is 5.69 Å². The van der Waals surface area contributed by atoms with Gasteiger partial charge in [-0.3, -0.25) is 14.7 Å². The van der Waals surface area contributed by atoms with Crippen LogP contribution in [0, 0.1) is 10.1 Å². The molecule has 0 amide bonds. The first-order valence-electron chi connectivity index (χ1n) is 7.35. The number of aromatic nitrogens is 1. The van der Waals surface area contributed by atoms with Gasteiger partial charge in [0.25, 0.3) is 0 Å². The standard InChI is InChI=1S/C17H9Br4ClN2O3/c18-10-3-6-13(12(19)7-10)27-8-23-16(20)14(15(17(23)21)24(25)26)9-1-4-11(22)5-2-9/h1-7H,8H2. The molecule has 1 aromatic heterocycles. The maximum atomic E-state index is 11.7. The molecule has 27 heavy (non-hydrogen) atoms. The van der Waals surface area contributed by atoms with Crippen LogP contribution in [0.3, 0.4) is 0 Å². The number of nitrogens with zero attached hydrogens (tertiary/aromatic N) is 2. The summed E-state index contributed by atoms with van der Waals surface area (Å²) in [6.07, 6.45) is 0. The number of ether oxygens (including phenoxy) is 1. The third-order valence-corrected chi connectivity index (χ3v) is 6.66. The van der Waals surface area contributed by atoms with E-state index in [1.807, 2.05) is 12.1 Å². The molecule has 0 aliphatic carbocycles. The second kappa shape index (κ2) is 8.65. The summed E-state index contributed by atoms with van der Waals surface area (Å²) >= 11 is 19.6. The third kappa shape index (κ3) is 4.42. The van der Waals surface area contributed by atoms with Gasteiger partial charge in [-0.1, -0.05) is 39.7 Å². The summed E-state index contributed by atoms with van der Waals surface area (Å²) in [5, 5.41) is 12.2. The van der Waals surface area contributed by atoms with E-state index >= 15 is 0 Å². The summed E-state index contributed by atoms with van der Waals surface area (Å²) in [4.78, 5) is 11.3. The van der Waals surface area contributed by atoms with Gasteiger partial charge in [-0.15, -0.1) is 0 Å². The molecule has 0 saturated carbocycles. The Hall–Kier alpha value is -0.870. The van der Waals surface area contributed by atoms with Crippen LogP contribution in [0.25, 0.3) is 11.1 Å². The Labute approximate surface area is 193 Å². The lowest BCUT2D eigenvalue weighted by Crippen LogP contribution is -2.06. The largest absolute Gasteiger partial charge is 0.472 e. The lowest BCUT2D eigenvalue weighted by Gasteiger charge is -2.11. The lowest BCUT2D eigenvalue weighted by atomic mass is 10.1. The molecule has 0 radical (unpaired) electrons. The van der Waals surface area contributed by atoms with E-state index in [4.69, 9.17) is 16.3 Å². The van der Waals surface area contributed by atoms with Crippen molar-refractivity contribution in [2.75, 3.05) is 0 Å². The van der Waals surface area contributed by atoms with Crippen LogP contribution in [0.15, 0.2) is 60.6 Å². The summed E-state index contributed by atoms with van der Waals surface area (Å²) in [6, 6.07) is 12.4. The molecule has 0 atom stereocenters. The second-order valence-electron chi connectivity index (χ2n) is 5.35. The Bertz CT molecular complexity index is 1020. The number of nitro groups is 1. The van der Waals surface area contributed by atoms with Crippen molar-refractivity contribution in [3.63, 3.8) is 0 Å². The Morgan fingerprint density at radius 3 is 2.30 bits per heavy atom. The van der Waals surface area contributed by atoms with Gasteiger partial charge in [0.15, 0.2) is 11.3 Å². The first-order valence-corrected chi connectivity index (χ1v) is 10.9. The van der Waals surface area contributed by atoms with Crippen molar-refractivity contribution in [3.05, 3.63) is 75.8 Å². The number of halogens is 5. The van der Waals surface area contributed by atoms with Crippen LogP contribution < -0.4 is 4.74 Å². The van der Waals surface area contributed by atoms with Crippen LogP contribution in [0.5, 0.6) is 5.75 Å². The molecule has 0 bridgehead atoms. The number of hydrogen-bond donors (Lipinski definition) is 0. The molecule has 5 nitrogen and oxygen atoms in total. The highest BCUT2D eigenvalue weighted by Crippen LogP contribution is 2.44. The minimum atomic E-state index is -0.426. The molecule has 3 rings (SSSR count). The smallest absolute Gasteiger partial charge is 0.310 e. The molecule has 2 aromatic carbocycles. The molecule has 0 saturated heterocycles. The summed E-state index contributed by atoms with van der Waals surface area (Å²) in [6.45, 7) is 0.0653. The Balaban J connectivity index is 2.02. The van der Waals surface area contributed by atoms with Gasteiger partial charge in [0.1, 0.15) is 10.4 Å². The summed E-state index contributed by atoms with van der Waals surface area (Å²) in [5.74, 6) is 0.612. The highest BCUT2D eigenvalue weighted by atomic mass is 79.9. The van der Waals surface area contributed by atoms with E-state index in [1.165, 1.54) is 0 Å². The molecule has 10 heteroatoms. The van der Waals surface area contributed by atoms with E-state index < -0.39 is 4.92 Å². The highest BCUT2D eigenvalue weighted by Gasteiger charge is 2.30. The predicted molar refractivity (Wildman–Crippen MR) is 119 cm³/mol. The normalized spacial score (nSPS) is 10.9. The van der Waals surface area contributed by atoms with E-state index in [-0.39, 0.29) is 12.4 Å². The van der Waals surface area contributed by atoms with E-state index in [2.05, 4.69) is 63.7 Å². The molecule has 0 unspecified atom stereocenters. The van der Waals surface area contributed by atoms with Crippen molar-refractivity contribution in [2.45, 2.75) is 6.73 Å². The molecule has 0 N–H and O–H groups in total. The van der Waals surface area contributed by atoms with E-state index in [9.17, 15) is 10.1 Å². The first kappa shape index (κ1) is 20.9. The van der Waals surface area contributed by atoms with Crippen molar-refractivity contribution in [2.24, 2.45) is 0 Å². The van der Waals surface area contributed by atoms with Crippen molar-refractivity contribution in [3.8, 4) is 16.9 Å². The molecule has 0 spiro atoms. The fourth-order valence-electron chi connectivity index (χ4n) is 2.43. The zero-order valence-corrected chi connectivity index (χ0v) is 20.4. The van der Waals surface area contributed by atoms with Gasteiger partial charge in [0.05, 0.1) is 15.0 Å². The van der Waals surface area contributed by atoms with Crippen molar-refractivity contribution < 1.29 is 9.66 Å². The van der Waals surface area contributed by atoms with E-state index in [1.54, 1.807) is 34.9 Å². The maximum absolute atomic E-state index is 11.7. The van der Waals surface area contributed by atoms with E-state index in [0.29, 0.717) is 31.1 Å². The summed E-state index contributed by atoms with van der Waals surface area (Å²) < 4.78 is 9.97. The van der Waals surface area contributed by atoms with Gasteiger partial charge < -0.3 is 4.74 Å². The number of rotatable bonds is 5. The Kier molecular flexibility index (Phi) is 6.68. The predicted octanol–water partition coefficient (Wildman–Crippen LogP) is 7.80. The van der Waals surface area contributed by atoms with Crippen molar-refractivity contribution >= 4 is 81.0 Å². The van der Waals surface area contributed by atoms with Gasteiger partial charge in [0.2, 0.25) is 0 Å². The molecule has 0 fully saturated rings. The van der Waals surface area contributed by atoms with Crippen LogP contribution in [0.2, 0.25) is 5.02 Å². The average molecular weight is 644 g/mol. The molecule has 3 aromatic rings. The van der Waals surface area contributed by atoms with Gasteiger partial charge in [-0.25, -0.2) is 0 Å². The summed E-state index contributed by atoms with van der Waals surface area (Å²) in [5.41, 5.74) is 1.06. The highest BCUT2D eigenvalue weighted by molar-refractivity contribution is 9.11. The van der Waals surface area contributed by atoms with Crippen molar-refractivity contribution in [1.29, 1.82) is 0 Å². The molecular formula is C17H9Br4ClN2O3. The van der Waals surface area contributed by atoms with Gasteiger partial charge in [-0.05, 0) is 83.7 Å². The summed E-state index contributed by atoms with van der Waals surface area (Å²) in [7, 11) is 0. The third-order valence-electron chi connectivity index (χ3n) is 3.67. The first-order chi connectivity index (χ1) is 12.8. The molecule has 1 heterocycles. The minimum Gasteiger partial charge on any atom is -0.472 e. The van der Waals surface area contributed by atoms with Crippen LogP contribution >= 0.6 is 75.3 Å². The zero-order valence-electron chi connectivity index (χ0n) is 13.3. The van der Waals surface area contributed by atoms with Crippen LogP contribution in [-0.2, 0) is 6.73 Å². The van der Waals surface area contributed by atoms with Crippen LogP contribution in [-0.4, -0.2) is 9.49 Å². The minimum absolute atomic E-state index is 0.0531. The fraction of sp³-hybridized carbons (Fsp3) is 0.0588. The lowest BCUT2D eigenvalue weighted by molar-refractivity contribution is -0.385. The maximum Gasteiger partial charge on any atom is 0.310 e. The van der Waals surface area contributed by atoms with Crippen molar-refractivity contribution in [1.82, 2.24) is 4.57 Å². The second-order valence-corrected chi connectivity index (χ2v) is 9.05. The van der Waals surface area contributed by atoms with Crippen LogP contribution in [0.1, 0.15) is 0 Å². The zero-order chi connectivity index (χ0) is 19.7. The quantitative estimate of drug-likeness (QED) is 0.211. The number of hydrogen-bond acceptors (Lipinski definition) is 3. The van der Waals surface area contributed by atoms with E-state index in [0.717, 1.165) is 8.95 Å². The monoisotopic (exact) mass is 640 g/mol. The molecule has 0 aliphatic heterocycles. The average Bonchev–Trinajstić information content (AvgIpc) is 2.86. The Morgan fingerprint density at radius 1 is 1.04 bits per heavy atom. The SMILES string of the molecule is O=[N+]([O-])c1c(-c2ccc(Cl)cc2)c(Br)n(COc2ccc(Br)cc2Br)c1Br. The Morgan fingerprint density at radius 2 is 1.70 bits per heavy atom. The fourth-order valence-corrected chi connectivity index (χ4v) is 5.27. The molecule has 0 aliphatic rings. The topological polar surface area (TPSA) is 57.3 Å². The number of benzene rings is 2. The van der Waals surface area contributed by atoms with Gasteiger partial charge in [-0.2, -0.15) is 0 Å².